The van der Waals surface area contributed by atoms with Crippen LogP contribution in [-0.4, -0.2) is 18.4 Å². The van der Waals surface area contributed by atoms with Gasteiger partial charge in [-0.3, -0.25) is 5.21 Å². The van der Waals surface area contributed by atoms with Crippen LogP contribution in [0.2, 0.25) is 0 Å². The number of methoxy groups -OCH3 is 1. The number of aryl methyl sites for hydroxylation is 2. The van der Waals surface area contributed by atoms with E-state index in [2.05, 4.69) is 4.74 Å². The van der Waals surface area contributed by atoms with Crippen LogP contribution < -0.4 is 9.80 Å². The Morgan fingerprint density at radius 3 is 2.63 bits per heavy atom. The smallest absolute Gasteiger partial charge is 0.438 e. The van der Waals surface area contributed by atoms with E-state index >= 15 is 0 Å². The predicted octanol–water partition coefficient (Wildman–Crippen LogP) is 5.64. The summed E-state index contributed by atoms with van der Waals surface area (Å²) in [5.74, 6) is 0.0767. The third-order valence-electron chi connectivity index (χ3n) is 4.13. The summed E-state index contributed by atoms with van der Waals surface area (Å²) < 4.78 is 37.8. The molecule has 2 aromatic rings. The van der Waals surface area contributed by atoms with Crippen LogP contribution in [0.25, 0.3) is 0 Å². The summed E-state index contributed by atoms with van der Waals surface area (Å²) in [4.78, 5) is 11.6. The molecule has 5 nitrogen and oxygen atoms in total. The van der Waals surface area contributed by atoms with Crippen molar-refractivity contribution in [1.29, 1.82) is 0 Å². The van der Waals surface area contributed by atoms with Crippen molar-refractivity contribution in [2.75, 3.05) is 12.2 Å². The minimum absolute atomic E-state index is 0.0767. The maximum absolute atomic E-state index is 13.4. The molecule has 8 heteroatoms. The lowest BCUT2D eigenvalue weighted by Crippen LogP contribution is -2.28. The van der Waals surface area contributed by atoms with E-state index in [1.165, 1.54) is 12.1 Å². The second-order valence-electron chi connectivity index (χ2n) is 5.78. The van der Waals surface area contributed by atoms with Crippen molar-refractivity contribution in [3.8, 4) is 5.75 Å². The minimum atomic E-state index is -2.68. The van der Waals surface area contributed by atoms with E-state index in [4.69, 9.17) is 4.74 Å². The molecule has 0 bridgehead atoms. The van der Waals surface area contributed by atoms with Crippen LogP contribution >= 0.6 is 22.6 Å². The summed E-state index contributed by atoms with van der Waals surface area (Å²) in [6.07, 6.45) is -3.00. The Bertz CT molecular complexity index is 830. The van der Waals surface area contributed by atoms with Crippen molar-refractivity contribution in [2.45, 2.75) is 33.3 Å². The van der Waals surface area contributed by atoms with Crippen molar-refractivity contribution < 1.29 is 28.3 Å². The van der Waals surface area contributed by atoms with Gasteiger partial charge in [0.2, 0.25) is 0 Å². The summed E-state index contributed by atoms with van der Waals surface area (Å²) in [6, 6.07) is 7.97. The van der Waals surface area contributed by atoms with E-state index in [0.29, 0.717) is 20.6 Å². The minimum Gasteiger partial charge on any atom is -0.488 e. The normalized spacial score (nSPS) is 10.8. The van der Waals surface area contributed by atoms with Gasteiger partial charge < -0.3 is 9.47 Å². The molecule has 0 radical (unpaired) electrons. The summed E-state index contributed by atoms with van der Waals surface area (Å²) in [7, 11) is 1.14. The zero-order chi connectivity index (χ0) is 20.1. The number of alkyl halides is 2. The van der Waals surface area contributed by atoms with E-state index in [0.717, 1.165) is 18.2 Å². The molecule has 0 atom stereocenters. The van der Waals surface area contributed by atoms with Gasteiger partial charge in [0, 0.05) is 9.13 Å². The summed E-state index contributed by atoms with van der Waals surface area (Å²) >= 11 is 2.02. The van der Waals surface area contributed by atoms with Gasteiger partial charge in [-0.2, -0.15) is 5.06 Å². The van der Waals surface area contributed by atoms with Gasteiger partial charge in [0.25, 0.3) is 6.43 Å². The number of halogens is 3. The van der Waals surface area contributed by atoms with Gasteiger partial charge in [0.05, 0.1) is 18.4 Å². The maximum atomic E-state index is 13.4. The number of hydrogen-bond donors (Lipinski definition) is 1. The third-order valence-corrected chi connectivity index (χ3v) is 5.14. The fourth-order valence-corrected chi connectivity index (χ4v) is 3.28. The van der Waals surface area contributed by atoms with Gasteiger partial charge in [0.15, 0.2) is 0 Å². The molecule has 2 rings (SSSR count). The van der Waals surface area contributed by atoms with Gasteiger partial charge in [-0.05, 0) is 71.3 Å². The lowest BCUT2D eigenvalue weighted by molar-refractivity contribution is 0.140. The van der Waals surface area contributed by atoms with Crippen LogP contribution in [0, 0.1) is 10.5 Å². The average Bonchev–Trinajstić information content (AvgIpc) is 2.65. The highest BCUT2D eigenvalue weighted by molar-refractivity contribution is 14.1. The van der Waals surface area contributed by atoms with E-state index in [-0.39, 0.29) is 23.6 Å². The number of rotatable bonds is 6. The largest absolute Gasteiger partial charge is 0.488 e. The second kappa shape index (κ2) is 9.32. The maximum Gasteiger partial charge on any atom is 0.438 e. The van der Waals surface area contributed by atoms with E-state index in [9.17, 15) is 18.8 Å². The molecule has 0 heterocycles. The molecule has 0 saturated heterocycles. The number of carbonyl (C=O) groups excluding carboxylic acids is 1. The van der Waals surface area contributed by atoms with Crippen molar-refractivity contribution in [3.63, 3.8) is 0 Å². The Morgan fingerprint density at radius 1 is 1.33 bits per heavy atom. The molecule has 0 aromatic heterocycles. The molecular formula is C19H20F2INO4. The molecule has 0 unspecified atom stereocenters. The summed E-state index contributed by atoms with van der Waals surface area (Å²) in [5.41, 5.74) is 2.15. The number of anilines is 1. The predicted molar refractivity (Wildman–Crippen MR) is 106 cm³/mol. The van der Waals surface area contributed by atoms with E-state index in [1.54, 1.807) is 18.2 Å². The lowest BCUT2D eigenvalue weighted by Gasteiger charge is -2.20. The number of carbonyl (C=O) groups is 1. The fourth-order valence-electron chi connectivity index (χ4n) is 2.65. The number of amides is 1. The molecule has 1 N–H and O–H groups in total. The highest BCUT2D eigenvalue weighted by Crippen LogP contribution is 2.34. The highest BCUT2D eigenvalue weighted by atomic mass is 127. The van der Waals surface area contributed by atoms with Gasteiger partial charge in [-0.15, -0.1) is 0 Å². The molecule has 146 valence electrons. The monoisotopic (exact) mass is 491 g/mol. The van der Waals surface area contributed by atoms with Gasteiger partial charge in [0.1, 0.15) is 12.4 Å². The molecule has 27 heavy (non-hydrogen) atoms. The molecule has 0 saturated carbocycles. The Balaban J connectivity index is 2.37. The van der Waals surface area contributed by atoms with E-state index < -0.39 is 12.5 Å². The Hall–Kier alpha value is -1.94. The molecule has 0 spiro atoms. The first-order valence-corrected chi connectivity index (χ1v) is 9.26. The molecule has 0 fully saturated rings. The lowest BCUT2D eigenvalue weighted by atomic mass is 10.0. The summed E-state index contributed by atoms with van der Waals surface area (Å²) in [6.45, 7) is 3.64. The Labute approximate surface area is 170 Å². The SMILES string of the molecule is CCc1cc(C(F)F)c(OCc2c(I)cccc2N(O)C(=O)OC)cc1C. The number of benzene rings is 2. The zero-order valence-corrected chi connectivity index (χ0v) is 17.3. The molecule has 1 amide bonds. The van der Waals surface area contributed by atoms with Crippen molar-refractivity contribution in [1.82, 2.24) is 0 Å². The van der Waals surface area contributed by atoms with Crippen LogP contribution in [0.15, 0.2) is 30.3 Å². The Kier molecular flexibility index (Phi) is 7.37. The first kappa shape index (κ1) is 21.4. The van der Waals surface area contributed by atoms with Gasteiger partial charge >= 0.3 is 6.09 Å². The standard InChI is InChI=1S/C19H20F2INO4/c1-4-12-9-13(18(20)21)17(8-11(12)2)27-10-14-15(22)6-5-7-16(14)23(25)19(24)26-3/h5-9,18,25H,4,10H2,1-3H3. The van der Waals surface area contributed by atoms with Crippen LogP contribution in [0.3, 0.4) is 0 Å². The van der Waals surface area contributed by atoms with Crippen LogP contribution in [0.5, 0.6) is 5.75 Å². The molecule has 2 aromatic carbocycles. The van der Waals surface area contributed by atoms with E-state index in [1.807, 2.05) is 36.4 Å². The molecule has 0 aliphatic carbocycles. The zero-order valence-electron chi connectivity index (χ0n) is 15.1. The summed E-state index contributed by atoms with van der Waals surface area (Å²) in [5, 5.41) is 10.4. The van der Waals surface area contributed by atoms with Crippen molar-refractivity contribution >= 4 is 34.4 Å². The molecule has 0 aliphatic rings. The van der Waals surface area contributed by atoms with Gasteiger partial charge in [-0.1, -0.05) is 13.0 Å². The van der Waals surface area contributed by atoms with Crippen molar-refractivity contribution in [2.24, 2.45) is 0 Å². The number of ether oxygens (including phenoxy) is 2. The fraction of sp³-hybridized carbons (Fsp3) is 0.316. The Morgan fingerprint density at radius 2 is 2.04 bits per heavy atom. The first-order chi connectivity index (χ1) is 12.8. The van der Waals surface area contributed by atoms with Crippen LogP contribution in [0.4, 0.5) is 19.3 Å². The number of nitrogens with zero attached hydrogens (tertiary/aromatic N) is 1. The van der Waals surface area contributed by atoms with Crippen LogP contribution in [0.1, 0.15) is 35.6 Å². The first-order valence-electron chi connectivity index (χ1n) is 8.18. The van der Waals surface area contributed by atoms with Gasteiger partial charge in [-0.25, -0.2) is 13.6 Å². The number of hydroxylamine groups is 1. The highest BCUT2D eigenvalue weighted by Gasteiger charge is 2.21. The van der Waals surface area contributed by atoms with Crippen LogP contribution in [-0.2, 0) is 17.8 Å². The average molecular weight is 491 g/mol. The van der Waals surface area contributed by atoms with Crippen molar-refractivity contribution in [3.05, 3.63) is 56.2 Å². The third kappa shape index (κ3) is 4.86. The second-order valence-corrected chi connectivity index (χ2v) is 6.94. The molecular weight excluding hydrogens is 471 g/mol. The quantitative estimate of drug-likeness (QED) is 0.323. The topological polar surface area (TPSA) is 59.0 Å². The molecule has 0 aliphatic heterocycles. The number of hydrogen-bond acceptors (Lipinski definition) is 4.